The summed E-state index contributed by atoms with van der Waals surface area (Å²) in [6, 6.07) is 12.7. The number of carbonyl (C=O) groups excluding carboxylic acids is 1. The molecule has 1 atom stereocenters. The number of aromatic nitrogens is 1. The van der Waals surface area contributed by atoms with Crippen molar-refractivity contribution < 1.29 is 13.7 Å². The van der Waals surface area contributed by atoms with E-state index in [1.165, 1.54) is 0 Å². The van der Waals surface area contributed by atoms with Crippen molar-refractivity contribution in [1.82, 2.24) is 20.3 Å². The van der Waals surface area contributed by atoms with Crippen LogP contribution in [-0.2, 0) is 0 Å². The Balaban J connectivity index is 1.44. The fourth-order valence-corrected chi connectivity index (χ4v) is 3.71. The van der Waals surface area contributed by atoms with Crippen LogP contribution in [0.25, 0.3) is 11.3 Å². The standard InChI is InChI=1S/C22H25ClN4O3/c1-15-3-8-20(29-15)19(27-11-9-26(2)10-12-27)14-24-22(28)18-13-21(30-25-18)16-4-6-17(23)7-5-16/h3-8,13,19H,9-12,14H2,1-2H3,(H,24,28)/t19-/m0/s1. The fraction of sp³-hybridized carbons (Fsp3) is 0.364. The van der Waals surface area contributed by atoms with Gasteiger partial charge in [0, 0.05) is 49.4 Å². The Hall–Kier alpha value is -2.61. The molecule has 0 radical (unpaired) electrons. The number of nitrogens with one attached hydrogen (secondary N) is 1. The van der Waals surface area contributed by atoms with Crippen LogP contribution in [-0.4, -0.2) is 60.6 Å². The van der Waals surface area contributed by atoms with Gasteiger partial charge in [-0.3, -0.25) is 9.69 Å². The summed E-state index contributed by atoms with van der Waals surface area (Å²) in [7, 11) is 2.12. The molecule has 1 N–H and O–H groups in total. The summed E-state index contributed by atoms with van der Waals surface area (Å²) < 4.78 is 11.2. The van der Waals surface area contributed by atoms with E-state index in [0.29, 0.717) is 17.3 Å². The molecule has 0 bridgehead atoms. The van der Waals surface area contributed by atoms with Crippen LogP contribution in [0.3, 0.4) is 0 Å². The molecule has 3 aromatic rings. The maximum atomic E-state index is 12.7. The molecule has 3 heterocycles. The molecule has 8 heteroatoms. The van der Waals surface area contributed by atoms with Crippen molar-refractivity contribution in [3.63, 3.8) is 0 Å². The molecule has 0 saturated carbocycles. The van der Waals surface area contributed by atoms with Crippen molar-refractivity contribution in [2.75, 3.05) is 39.8 Å². The molecule has 0 unspecified atom stereocenters. The normalized spacial score (nSPS) is 16.5. The summed E-state index contributed by atoms with van der Waals surface area (Å²) in [5.74, 6) is 1.97. The molecule has 1 fully saturated rings. The van der Waals surface area contributed by atoms with Gasteiger partial charge in [-0.25, -0.2) is 0 Å². The van der Waals surface area contributed by atoms with Crippen molar-refractivity contribution in [3.8, 4) is 11.3 Å². The minimum atomic E-state index is -0.277. The molecule has 4 rings (SSSR count). The van der Waals surface area contributed by atoms with E-state index in [2.05, 4.69) is 27.3 Å². The Morgan fingerprint density at radius 2 is 1.90 bits per heavy atom. The van der Waals surface area contributed by atoms with Crippen LogP contribution < -0.4 is 5.32 Å². The van der Waals surface area contributed by atoms with E-state index in [1.807, 2.05) is 31.2 Å². The number of carbonyl (C=O) groups is 1. The smallest absolute Gasteiger partial charge is 0.273 e. The molecule has 2 aromatic heterocycles. The van der Waals surface area contributed by atoms with Gasteiger partial charge in [-0.1, -0.05) is 16.8 Å². The van der Waals surface area contributed by atoms with Gasteiger partial charge in [-0.2, -0.15) is 0 Å². The number of hydrogen-bond donors (Lipinski definition) is 1. The molecule has 158 valence electrons. The SMILES string of the molecule is Cc1ccc([C@H](CNC(=O)c2cc(-c3ccc(Cl)cc3)on2)N2CCN(C)CC2)o1. The highest BCUT2D eigenvalue weighted by Gasteiger charge is 2.27. The predicted molar refractivity (Wildman–Crippen MR) is 115 cm³/mol. The second-order valence-corrected chi connectivity index (χ2v) is 8.03. The Morgan fingerprint density at radius 3 is 2.57 bits per heavy atom. The first-order valence-corrected chi connectivity index (χ1v) is 10.4. The predicted octanol–water partition coefficient (Wildman–Crippen LogP) is 3.61. The third-order valence-electron chi connectivity index (χ3n) is 5.40. The first-order valence-electron chi connectivity index (χ1n) is 9.99. The third-order valence-corrected chi connectivity index (χ3v) is 5.65. The number of amides is 1. The number of likely N-dealkylation sites (N-methyl/N-ethyl adjacent to an activating group) is 1. The minimum absolute atomic E-state index is 0.0287. The van der Waals surface area contributed by atoms with Crippen molar-refractivity contribution in [3.05, 3.63) is 64.7 Å². The van der Waals surface area contributed by atoms with E-state index in [9.17, 15) is 4.79 Å². The lowest BCUT2D eigenvalue weighted by molar-refractivity contribution is 0.0843. The van der Waals surface area contributed by atoms with Gasteiger partial charge in [0.15, 0.2) is 11.5 Å². The topological polar surface area (TPSA) is 74.8 Å². The number of aryl methyl sites for hydroxylation is 1. The van der Waals surface area contributed by atoms with Crippen LogP contribution in [0.2, 0.25) is 5.02 Å². The van der Waals surface area contributed by atoms with Gasteiger partial charge in [-0.15, -0.1) is 0 Å². The number of furan rings is 1. The molecule has 1 aliphatic heterocycles. The molecule has 30 heavy (non-hydrogen) atoms. The number of piperazine rings is 1. The minimum Gasteiger partial charge on any atom is -0.465 e. The molecule has 7 nitrogen and oxygen atoms in total. The summed E-state index contributed by atoms with van der Waals surface area (Å²) in [6.07, 6.45) is 0. The molecule has 1 saturated heterocycles. The number of rotatable bonds is 6. The van der Waals surface area contributed by atoms with Gasteiger partial charge in [0.2, 0.25) is 0 Å². The van der Waals surface area contributed by atoms with E-state index in [1.54, 1.807) is 18.2 Å². The summed E-state index contributed by atoms with van der Waals surface area (Å²) in [6.45, 7) is 6.16. The second kappa shape index (κ2) is 9.04. The van der Waals surface area contributed by atoms with E-state index < -0.39 is 0 Å². The summed E-state index contributed by atoms with van der Waals surface area (Å²) in [5, 5.41) is 7.56. The number of benzene rings is 1. The quantitative estimate of drug-likeness (QED) is 0.646. The Bertz CT molecular complexity index is 990. The Morgan fingerprint density at radius 1 is 1.17 bits per heavy atom. The largest absolute Gasteiger partial charge is 0.465 e. The zero-order valence-electron chi connectivity index (χ0n) is 17.1. The van der Waals surface area contributed by atoms with Gasteiger partial charge in [-0.05, 0) is 50.4 Å². The summed E-state index contributed by atoms with van der Waals surface area (Å²) >= 11 is 5.93. The van der Waals surface area contributed by atoms with Gasteiger partial charge in [0.1, 0.15) is 11.5 Å². The van der Waals surface area contributed by atoms with Gasteiger partial charge < -0.3 is 19.2 Å². The molecule has 1 aliphatic rings. The zero-order valence-corrected chi connectivity index (χ0v) is 17.9. The summed E-state index contributed by atoms with van der Waals surface area (Å²) in [5.41, 5.74) is 1.06. The highest BCUT2D eigenvalue weighted by Crippen LogP contribution is 2.25. The highest BCUT2D eigenvalue weighted by molar-refractivity contribution is 6.30. The Labute approximate surface area is 180 Å². The van der Waals surface area contributed by atoms with Crippen molar-refractivity contribution in [2.24, 2.45) is 0 Å². The molecular weight excluding hydrogens is 404 g/mol. The monoisotopic (exact) mass is 428 g/mol. The van der Waals surface area contributed by atoms with E-state index in [-0.39, 0.29) is 17.6 Å². The van der Waals surface area contributed by atoms with Crippen molar-refractivity contribution >= 4 is 17.5 Å². The molecule has 1 aromatic carbocycles. The number of halogens is 1. The fourth-order valence-electron chi connectivity index (χ4n) is 3.59. The number of nitrogens with zero attached hydrogens (tertiary/aromatic N) is 3. The van der Waals surface area contributed by atoms with E-state index >= 15 is 0 Å². The van der Waals surface area contributed by atoms with Crippen LogP contribution in [0.4, 0.5) is 0 Å². The van der Waals surface area contributed by atoms with Gasteiger partial charge in [0.25, 0.3) is 5.91 Å². The van der Waals surface area contributed by atoms with Crippen LogP contribution in [0, 0.1) is 6.92 Å². The van der Waals surface area contributed by atoms with Gasteiger partial charge >= 0.3 is 0 Å². The van der Waals surface area contributed by atoms with Crippen molar-refractivity contribution in [2.45, 2.75) is 13.0 Å². The maximum Gasteiger partial charge on any atom is 0.273 e. The molecular formula is C22H25ClN4O3. The second-order valence-electron chi connectivity index (χ2n) is 7.60. The van der Waals surface area contributed by atoms with E-state index in [0.717, 1.165) is 43.3 Å². The molecule has 0 spiro atoms. The highest BCUT2D eigenvalue weighted by atomic mass is 35.5. The zero-order chi connectivity index (χ0) is 21.1. The first kappa shape index (κ1) is 20.7. The Kier molecular flexibility index (Phi) is 6.22. The van der Waals surface area contributed by atoms with Crippen LogP contribution in [0.5, 0.6) is 0 Å². The van der Waals surface area contributed by atoms with E-state index in [4.69, 9.17) is 20.5 Å². The average Bonchev–Trinajstić information content (AvgIpc) is 3.39. The first-order chi connectivity index (χ1) is 14.5. The summed E-state index contributed by atoms with van der Waals surface area (Å²) in [4.78, 5) is 17.4. The maximum absolute atomic E-state index is 12.7. The van der Waals surface area contributed by atoms with Crippen LogP contribution in [0.15, 0.2) is 51.4 Å². The lowest BCUT2D eigenvalue weighted by Gasteiger charge is -2.37. The van der Waals surface area contributed by atoms with Crippen molar-refractivity contribution in [1.29, 1.82) is 0 Å². The average molecular weight is 429 g/mol. The molecule has 0 aliphatic carbocycles. The number of hydrogen-bond acceptors (Lipinski definition) is 6. The third kappa shape index (κ3) is 4.75. The lowest BCUT2D eigenvalue weighted by atomic mass is 10.1. The molecule has 1 amide bonds. The van der Waals surface area contributed by atoms with Crippen LogP contribution in [0.1, 0.15) is 28.1 Å². The van der Waals surface area contributed by atoms with Gasteiger partial charge in [0.05, 0.1) is 6.04 Å². The van der Waals surface area contributed by atoms with Crippen LogP contribution >= 0.6 is 11.6 Å². The lowest BCUT2D eigenvalue weighted by Crippen LogP contribution is -2.48.